The van der Waals surface area contributed by atoms with Crippen LogP contribution in [-0.4, -0.2) is 11.7 Å². The van der Waals surface area contributed by atoms with Crippen molar-refractivity contribution in [3.05, 3.63) is 65.5 Å². The number of hydrogen-bond donors (Lipinski definition) is 2. The van der Waals surface area contributed by atoms with E-state index in [2.05, 4.69) is 5.32 Å². The van der Waals surface area contributed by atoms with Gasteiger partial charge in [-0.05, 0) is 42.0 Å². The molecule has 0 aliphatic rings. The smallest absolute Gasteiger partial charge is 0.387 e. The summed E-state index contributed by atoms with van der Waals surface area (Å²) in [5.74, 6) is -0.401. The van der Waals surface area contributed by atoms with E-state index < -0.39 is 23.7 Å². The van der Waals surface area contributed by atoms with E-state index >= 15 is 0 Å². The molecular formula is C15H13F4NO. The van der Waals surface area contributed by atoms with Crippen LogP contribution in [0.5, 0.6) is 0 Å². The first-order chi connectivity index (χ1) is 9.86. The zero-order valence-corrected chi connectivity index (χ0v) is 10.9. The summed E-state index contributed by atoms with van der Waals surface area (Å²) in [7, 11) is 0. The van der Waals surface area contributed by atoms with Crippen molar-refractivity contribution >= 4 is 5.69 Å². The largest absolute Gasteiger partial charge is 0.416 e. The van der Waals surface area contributed by atoms with E-state index in [1.807, 2.05) is 0 Å². The van der Waals surface area contributed by atoms with Crippen LogP contribution in [0.2, 0.25) is 0 Å². The number of aliphatic hydroxyl groups is 1. The Morgan fingerprint density at radius 1 is 0.952 bits per heavy atom. The SMILES string of the molecule is OC(CNc1ccc(C(F)(F)F)cc1)c1ccc(F)cc1. The number of alkyl halides is 3. The normalized spacial score (nSPS) is 13.0. The van der Waals surface area contributed by atoms with Crippen molar-refractivity contribution in [2.24, 2.45) is 0 Å². The molecular weight excluding hydrogens is 286 g/mol. The lowest BCUT2D eigenvalue weighted by Crippen LogP contribution is -2.12. The Balaban J connectivity index is 1.95. The second kappa shape index (κ2) is 6.13. The number of hydrogen-bond acceptors (Lipinski definition) is 2. The highest BCUT2D eigenvalue weighted by atomic mass is 19.4. The van der Waals surface area contributed by atoms with Crippen LogP contribution in [0.25, 0.3) is 0 Å². The molecule has 0 spiro atoms. The molecule has 0 heterocycles. The molecule has 2 aromatic rings. The Morgan fingerprint density at radius 2 is 1.52 bits per heavy atom. The van der Waals surface area contributed by atoms with Gasteiger partial charge < -0.3 is 10.4 Å². The lowest BCUT2D eigenvalue weighted by molar-refractivity contribution is -0.137. The van der Waals surface area contributed by atoms with Gasteiger partial charge in [-0.1, -0.05) is 12.1 Å². The predicted octanol–water partition coefficient (Wildman–Crippen LogP) is 3.99. The van der Waals surface area contributed by atoms with Gasteiger partial charge in [-0.25, -0.2) is 4.39 Å². The van der Waals surface area contributed by atoms with Gasteiger partial charge in [0.25, 0.3) is 0 Å². The van der Waals surface area contributed by atoms with E-state index in [1.165, 1.54) is 36.4 Å². The summed E-state index contributed by atoms with van der Waals surface area (Å²) in [6.07, 6.45) is -5.25. The molecule has 2 N–H and O–H groups in total. The lowest BCUT2D eigenvalue weighted by atomic mass is 10.1. The fourth-order valence-electron chi connectivity index (χ4n) is 1.79. The third-order valence-corrected chi connectivity index (χ3v) is 2.97. The standard InChI is InChI=1S/C15H13F4NO/c16-12-5-1-10(2-6-12)14(21)9-20-13-7-3-11(4-8-13)15(17,18)19/h1-8,14,20-21H,9H2. The zero-order valence-electron chi connectivity index (χ0n) is 10.9. The van der Waals surface area contributed by atoms with Crippen molar-refractivity contribution < 1.29 is 22.7 Å². The molecule has 0 fully saturated rings. The van der Waals surface area contributed by atoms with E-state index in [4.69, 9.17) is 0 Å². The number of nitrogens with one attached hydrogen (secondary N) is 1. The van der Waals surface area contributed by atoms with E-state index in [0.29, 0.717) is 11.3 Å². The summed E-state index contributed by atoms with van der Waals surface area (Å²) in [5, 5.41) is 12.7. The molecule has 112 valence electrons. The second-order valence-electron chi connectivity index (χ2n) is 4.52. The van der Waals surface area contributed by atoms with Gasteiger partial charge >= 0.3 is 6.18 Å². The zero-order chi connectivity index (χ0) is 15.5. The van der Waals surface area contributed by atoms with Crippen LogP contribution >= 0.6 is 0 Å². The molecule has 0 aliphatic heterocycles. The van der Waals surface area contributed by atoms with Gasteiger partial charge in [-0.3, -0.25) is 0 Å². The molecule has 2 aromatic carbocycles. The molecule has 0 aliphatic carbocycles. The lowest BCUT2D eigenvalue weighted by Gasteiger charge is -2.14. The monoisotopic (exact) mass is 299 g/mol. The molecule has 0 radical (unpaired) electrons. The van der Waals surface area contributed by atoms with E-state index in [9.17, 15) is 22.7 Å². The Hall–Kier alpha value is -2.08. The van der Waals surface area contributed by atoms with Crippen LogP contribution in [0.1, 0.15) is 17.2 Å². The van der Waals surface area contributed by atoms with E-state index in [-0.39, 0.29) is 6.54 Å². The predicted molar refractivity (Wildman–Crippen MR) is 71.3 cm³/mol. The maximum Gasteiger partial charge on any atom is 0.416 e. The first-order valence-corrected chi connectivity index (χ1v) is 6.21. The van der Waals surface area contributed by atoms with Crippen LogP contribution in [0.3, 0.4) is 0 Å². The molecule has 6 heteroatoms. The fraction of sp³-hybridized carbons (Fsp3) is 0.200. The van der Waals surface area contributed by atoms with E-state index in [1.54, 1.807) is 0 Å². The van der Waals surface area contributed by atoms with Gasteiger partial charge in [0, 0.05) is 12.2 Å². The number of halogens is 4. The van der Waals surface area contributed by atoms with Crippen molar-refractivity contribution in [3.63, 3.8) is 0 Å². The molecule has 0 amide bonds. The molecule has 0 saturated heterocycles. The Kier molecular flexibility index (Phi) is 4.47. The summed E-state index contributed by atoms with van der Waals surface area (Å²) in [6, 6.07) is 9.88. The molecule has 2 nitrogen and oxygen atoms in total. The number of rotatable bonds is 4. The Labute approximate surface area is 119 Å². The van der Waals surface area contributed by atoms with Gasteiger partial charge in [0.2, 0.25) is 0 Å². The summed E-state index contributed by atoms with van der Waals surface area (Å²) >= 11 is 0. The number of aliphatic hydroxyl groups excluding tert-OH is 1. The van der Waals surface area contributed by atoms with Gasteiger partial charge in [-0.2, -0.15) is 13.2 Å². The van der Waals surface area contributed by atoms with Crippen molar-refractivity contribution in [2.45, 2.75) is 12.3 Å². The maximum atomic E-state index is 12.7. The van der Waals surface area contributed by atoms with Crippen molar-refractivity contribution in [1.29, 1.82) is 0 Å². The maximum absolute atomic E-state index is 12.7. The minimum atomic E-state index is -4.37. The van der Waals surface area contributed by atoms with Crippen LogP contribution in [-0.2, 0) is 6.18 Å². The van der Waals surface area contributed by atoms with Crippen LogP contribution in [0.4, 0.5) is 23.2 Å². The highest BCUT2D eigenvalue weighted by molar-refractivity contribution is 5.45. The average Bonchev–Trinajstić information content (AvgIpc) is 2.45. The highest BCUT2D eigenvalue weighted by Crippen LogP contribution is 2.29. The topological polar surface area (TPSA) is 32.3 Å². The quantitative estimate of drug-likeness (QED) is 0.837. The third kappa shape index (κ3) is 4.19. The molecule has 0 saturated carbocycles. The minimum Gasteiger partial charge on any atom is -0.387 e. The minimum absolute atomic E-state index is 0.108. The summed E-state index contributed by atoms with van der Waals surface area (Å²) in [6.45, 7) is 0.108. The van der Waals surface area contributed by atoms with Gasteiger partial charge in [0.1, 0.15) is 5.82 Å². The van der Waals surface area contributed by atoms with Crippen molar-refractivity contribution in [1.82, 2.24) is 0 Å². The molecule has 21 heavy (non-hydrogen) atoms. The van der Waals surface area contributed by atoms with Crippen molar-refractivity contribution in [2.75, 3.05) is 11.9 Å². The van der Waals surface area contributed by atoms with Crippen molar-refractivity contribution in [3.8, 4) is 0 Å². The summed E-state index contributed by atoms with van der Waals surface area (Å²) < 4.78 is 49.9. The van der Waals surface area contributed by atoms with Gasteiger partial charge in [0.05, 0.1) is 11.7 Å². The molecule has 0 aromatic heterocycles. The molecule has 2 rings (SSSR count). The third-order valence-electron chi connectivity index (χ3n) is 2.97. The van der Waals surface area contributed by atoms with Crippen LogP contribution < -0.4 is 5.32 Å². The second-order valence-corrected chi connectivity index (χ2v) is 4.52. The van der Waals surface area contributed by atoms with Crippen LogP contribution in [0, 0.1) is 5.82 Å². The molecule has 1 unspecified atom stereocenters. The summed E-state index contributed by atoms with van der Waals surface area (Å²) in [5.41, 5.74) is 0.257. The van der Waals surface area contributed by atoms with Gasteiger partial charge in [0.15, 0.2) is 0 Å². The summed E-state index contributed by atoms with van der Waals surface area (Å²) in [4.78, 5) is 0. The first kappa shape index (κ1) is 15.3. The van der Waals surface area contributed by atoms with E-state index in [0.717, 1.165) is 12.1 Å². The number of anilines is 1. The highest BCUT2D eigenvalue weighted by Gasteiger charge is 2.29. The molecule has 0 bridgehead atoms. The fourth-order valence-corrected chi connectivity index (χ4v) is 1.79. The molecule has 1 atom stereocenters. The first-order valence-electron chi connectivity index (χ1n) is 6.21. The average molecular weight is 299 g/mol. The Morgan fingerprint density at radius 3 is 2.05 bits per heavy atom. The van der Waals surface area contributed by atoms with Gasteiger partial charge in [-0.15, -0.1) is 0 Å². The number of benzene rings is 2. The Bertz CT molecular complexity index is 578. The van der Waals surface area contributed by atoms with Crippen LogP contribution in [0.15, 0.2) is 48.5 Å².